The summed E-state index contributed by atoms with van der Waals surface area (Å²) in [6.07, 6.45) is 0. The summed E-state index contributed by atoms with van der Waals surface area (Å²) >= 11 is 5.92. The summed E-state index contributed by atoms with van der Waals surface area (Å²) in [6.45, 7) is 0. The molecule has 0 amide bonds. The Bertz CT molecular complexity index is 826. The molecule has 0 fully saturated rings. The van der Waals surface area contributed by atoms with Crippen LogP contribution >= 0.6 is 11.6 Å². The molecule has 0 aliphatic carbocycles. The maximum absolute atomic E-state index is 11.0. The van der Waals surface area contributed by atoms with Crippen LogP contribution in [-0.4, -0.2) is 26.4 Å². The van der Waals surface area contributed by atoms with E-state index in [1.54, 1.807) is 18.2 Å². The highest BCUT2D eigenvalue weighted by Crippen LogP contribution is 2.34. The molecule has 0 aliphatic heterocycles. The molecule has 3 rings (SSSR count). The highest BCUT2D eigenvalue weighted by molar-refractivity contribution is 6.31. The molecule has 5 nitrogen and oxygen atoms in total. The number of hydrogen-bond acceptors (Lipinski definition) is 3. The van der Waals surface area contributed by atoms with Crippen LogP contribution in [0.5, 0.6) is 5.75 Å². The Morgan fingerprint density at radius 3 is 2.75 bits per heavy atom. The molecule has 1 aromatic heterocycles. The molecular formula is C14H9ClN2O3. The van der Waals surface area contributed by atoms with Crippen molar-refractivity contribution in [2.24, 2.45) is 0 Å². The van der Waals surface area contributed by atoms with Crippen LogP contribution in [0, 0.1) is 0 Å². The van der Waals surface area contributed by atoms with E-state index in [-0.39, 0.29) is 11.3 Å². The summed E-state index contributed by atoms with van der Waals surface area (Å²) in [7, 11) is 0. The van der Waals surface area contributed by atoms with Gasteiger partial charge in [0.25, 0.3) is 0 Å². The van der Waals surface area contributed by atoms with Gasteiger partial charge in [0.15, 0.2) is 0 Å². The minimum atomic E-state index is -1.02. The zero-order valence-corrected chi connectivity index (χ0v) is 10.8. The number of hydrogen-bond donors (Lipinski definition) is 3. The SMILES string of the molecule is O=C(O)c1ccc2[nH]nc(-c3cc(Cl)ccc3O)c2c1. The van der Waals surface area contributed by atoms with Gasteiger partial charge in [-0.15, -0.1) is 0 Å². The van der Waals surface area contributed by atoms with Crippen molar-refractivity contribution in [2.75, 3.05) is 0 Å². The summed E-state index contributed by atoms with van der Waals surface area (Å²) in [6, 6.07) is 9.26. The van der Waals surface area contributed by atoms with Crippen molar-refractivity contribution in [3.63, 3.8) is 0 Å². The van der Waals surface area contributed by atoms with E-state index in [9.17, 15) is 9.90 Å². The first-order valence-corrected chi connectivity index (χ1v) is 6.14. The lowest BCUT2D eigenvalue weighted by Gasteiger charge is -2.03. The lowest BCUT2D eigenvalue weighted by molar-refractivity contribution is 0.0697. The second kappa shape index (κ2) is 4.54. The van der Waals surface area contributed by atoms with Crippen LogP contribution in [0.1, 0.15) is 10.4 Å². The number of halogens is 1. The molecule has 3 N–H and O–H groups in total. The third-order valence-corrected chi connectivity index (χ3v) is 3.26. The summed E-state index contributed by atoms with van der Waals surface area (Å²) in [5.41, 5.74) is 1.75. The number of aromatic amines is 1. The van der Waals surface area contributed by atoms with Crippen molar-refractivity contribution in [1.29, 1.82) is 0 Å². The molecule has 0 spiro atoms. The van der Waals surface area contributed by atoms with E-state index in [1.807, 2.05) is 0 Å². The van der Waals surface area contributed by atoms with Gasteiger partial charge < -0.3 is 10.2 Å². The number of aromatic nitrogens is 2. The number of H-pyrrole nitrogens is 1. The summed E-state index contributed by atoms with van der Waals surface area (Å²) in [4.78, 5) is 11.0. The number of nitrogens with one attached hydrogen (secondary N) is 1. The second-order valence-electron chi connectivity index (χ2n) is 4.30. The molecular weight excluding hydrogens is 280 g/mol. The number of nitrogens with zero attached hydrogens (tertiary/aromatic N) is 1. The number of fused-ring (bicyclic) bond motifs is 1. The fraction of sp³-hybridized carbons (Fsp3) is 0. The van der Waals surface area contributed by atoms with E-state index in [0.29, 0.717) is 27.2 Å². The standard InChI is InChI=1S/C14H9ClN2O3/c15-8-2-4-12(18)10(6-8)13-9-5-7(14(19)20)1-3-11(9)16-17-13/h1-6,18H,(H,16,17)(H,19,20). The van der Waals surface area contributed by atoms with Crippen molar-refractivity contribution >= 4 is 28.5 Å². The molecule has 2 aromatic carbocycles. The summed E-state index contributed by atoms with van der Waals surface area (Å²) < 4.78 is 0. The first-order valence-electron chi connectivity index (χ1n) is 5.76. The number of phenolic OH excluding ortho intramolecular Hbond substituents is 1. The fourth-order valence-electron chi connectivity index (χ4n) is 2.05. The lowest BCUT2D eigenvalue weighted by Crippen LogP contribution is -1.94. The normalized spacial score (nSPS) is 10.8. The Hall–Kier alpha value is -2.53. The van der Waals surface area contributed by atoms with Gasteiger partial charge in [0.2, 0.25) is 0 Å². The number of carbonyl (C=O) groups is 1. The molecule has 0 bridgehead atoms. The van der Waals surface area contributed by atoms with Gasteiger partial charge in [-0.1, -0.05) is 11.6 Å². The Kier molecular flexibility index (Phi) is 2.84. The molecule has 100 valence electrons. The van der Waals surface area contributed by atoms with Crippen molar-refractivity contribution in [3.05, 3.63) is 47.0 Å². The van der Waals surface area contributed by atoms with Gasteiger partial charge in [-0.2, -0.15) is 5.10 Å². The highest BCUT2D eigenvalue weighted by Gasteiger charge is 2.14. The van der Waals surface area contributed by atoms with Crippen LogP contribution < -0.4 is 0 Å². The number of carboxylic acids is 1. The predicted octanol–water partition coefficient (Wildman–Crippen LogP) is 3.29. The molecule has 3 aromatic rings. The average Bonchev–Trinajstić information content (AvgIpc) is 2.84. The van der Waals surface area contributed by atoms with Gasteiger partial charge in [0, 0.05) is 16.0 Å². The lowest BCUT2D eigenvalue weighted by atomic mass is 10.0. The zero-order chi connectivity index (χ0) is 14.3. The molecule has 0 saturated carbocycles. The monoisotopic (exact) mass is 288 g/mol. The number of aromatic hydroxyl groups is 1. The molecule has 20 heavy (non-hydrogen) atoms. The van der Waals surface area contributed by atoms with E-state index in [4.69, 9.17) is 16.7 Å². The van der Waals surface area contributed by atoms with Gasteiger partial charge in [0.1, 0.15) is 11.4 Å². The van der Waals surface area contributed by atoms with E-state index >= 15 is 0 Å². The quantitative estimate of drug-likeness (QED) is 0.675. The molecule has 0 aliphatic rings. The highest BCUT2D eigenvalue weighted by atomic mass is 35.5. The minimum absolute atomic E-state index is 0.0310. The smallest absolute Gasteiger partial charge is 0.335 e. The van der Waals surface area contributed by atoms with Crippen LogP contribution in [0.2, 0.25) is 5.02 Å². The molecule has 0 saturated heterocycles. The Morgan fingerprint density at radius 1 is 1.20 bits per heavy atom. The zero-order valence-electron chi connectivity index (χ0n) is 10.1. The van der Waals surface area contributed by atoms with Crippen LogP contribution in [0.25, 0.3) is 22.2 Å². The average molecular weight is 289 g/mol. The summed E-state index contributed by atoms with van der Waals surface area (Å²) in [5, 5.41) is 27.0. The van der Waals surface area contributed by atoms with E-state index in [2.05, 4.69) is 10.2 Å². The molecule has 0 radical (unpaired) electrons. The van der Waals surface area contributed by atoms with Crippen LogP contribution in [0.15, 0.2) is 36.4 Å². The Balaban J connectivity index is 2.28. The van der Waals surface area contributed by atoms with E-state index < -0.39 is 5.97 Å². The topological polar surface area (TPSA) is 86.2 Å². The van der Waals surface area contributed by atoms with E-state index in [1.165, 1.54) is 18.2 Å². The summed E-state index contributed by atoms with van der Waals surface area (Å²) in [5.74, 6) is -0.988. The maximum atomic E-state index is 11.0. The first-order chi connectivity index (χ1) is 9.56. The van der Waals surface area contributed by atoms with Gasteiger partial charge in [-0.3, -0.25) is 5.10 Å². The maximum Gasteiger partial charge on any atom is 0.335 e. The third kappa shape index (κ3) is 1.98. The largest absolute Gasteiger partial charge is 0.507 e. The predicted molar refractivity (Wildman–Crippen MR) is 75.2 cm³/mol. The van der Waals surface area contributed by atoms with Crippen LogP contribution in [0.3, 0.4) is 0 Å². The Labute approximate surface area is 118 Å². The van der Waals surface area contributed by atoms with Crippen molar-refractivity contribution in [1.82, 2.24) is 10.2 Å². The number of aromatic carboxylic acids is 1. The Morgan fingerprint density at radius 2 is 2.00 bits per heavy atom. The number of rotatable bonds is 2. The van der Waals surface area contributed by atoms with Crippen LogP contribution in [-0.2, 0) is 0 Å². The van der Waals surface area contributed by atoms with E-state index in [0.717, 1.165) is 0 Å². The fourth-order valence-corrected chi connectivity index (χ4v) is 2.22. The van der Waals surface area contributed by atoms with Gasteiger partial charge in [-0.25, -0.2) is 4.79 Å². The number of carboxylic acid groups (broad SMARTS) is 1. The molecule has 6 heteroatoms. The molecule has 0 atom stereocenters. The van der Waals surface area contributed by atoms with Crippen molar-refractivity contribution in [2.45, 2.75) is 0 Å². The van der Waals surface area contributed by atoms with Gasteiger partial charge in [-0.05, 0) is 36.4 Å². The minimum Gasteiger partial charge on any atom is -0.507 e. The van der Waals surface area contributed by atoms with Crippen LogP contribution in [0.4, 0.5) is 0 Å². The van der Waals surface area contributed by atoms with Crippen molar-refractivity contribution in [3.8, 4) is 17.0 Å². The van der Waals surface area contributed by atoms with Gasteiger partial charge in [0.05, 0.1) is 11.1 Å². The second-order valence-corrected chi connectivity index (χ2v) is 4.74. The molecule has 0 unspecified atom stereocenters. The molecule has 1 heterocycles. The third-order valence-electron chi connectivity index (χ3n) is 3.02. The first kappa shape index (κ1) is 12.5. The number of phenols is 1. The van der Waals surface area contributed by atoms with Crippen molar-refractivity contribution < 1.29 is 15.0 Å². The van der Waals surface area contributed by atoms with Gasteiger partial charge >= 0.3 is 5.97 Å². The number of benzene rings is 2.